The highest BCUT2D eigenvalue weighted by atomic mass is 16.4. The molecular formula is C12H24N2O3. The monoisotopic (exact) mass is 244 g/mol. The summed E-state index contributed by atoms with van der Waals surface area (Å²) < 4.78 is 0. The summed E-state index contributed by atoms with van der Waals surface area (Å²) in [7, 11) is 0. The van der Waals surface area contributed by atoms with Crippen LogP contribution in [0.4, 0.5) is 4.79 Å². The molecule has 0 atom stereocenters. The fourth-order valence-electron chi connectivity index (χ4n) is 1.31. The molecule has 0 unspecified atom stereocenters. The van der Waals surface area contributed by atoms with Crippen LogP contribution in [0.3, 0.4) is 0 Å². The van der Waals surface area contributed by atoms with Crippen molar-refractivity contribution in [2.45, 2.75) is 47.1 Å². The van der Waals surface area contributed by atoms with Crippen molar-refractivity contribution in [3.8, 4) is 0 Å². The number of hydrogen-bond acceptors (Lipinski definition) is 2. The van der Waals surface area contributed by atoms with Crippen LogP contribution < -0.4 is 5.32 Å². The number of carbonyl (C=O) groups is 2. The first-order valence-electron chi connectivity index (χ1n) is 6.00. The first kappa shape index (κ1) is 15.7. The van der Waals surface area contributed by atoms with E-state index >= 15 is 0 Å². The highest BCUT2D eigenvalue weighted by Gasteiger charge is 2.28. The van der Waals surface area contributed by atoms with Crippen LogP contribution in [0.1, 0.15) is 41.0 Å². The molecule has 0 aliphatic heterocycles. The summed E-state index contributed by atoms with van der Waals surface area (Å²) in [5.74, 6) is -0.913. The molecule has 0 saturated heterocycles. The SMILES string of the molecule is CCCN(C(=O)NCC(C)(C)C(=O)O)C(C)C. The van der Waals surface area contributed by atoms with Crippen molar-refractivity contribution in [1.29, 1.82) is 0 Å². The molecule has 0 aliphatic rings. The average Bonchev–Trinajstić information content (AvgIpc) is 2.22. The minimum absolute atomic E-state index is 0.114. The Hall–Kier alpha value is -1.26. The van der Waals surface area contributed by atoms with E-state index in [1.54, 1.807) is 18.7 Å². The normalized spacial score (nSPS) is 11.4. The van der Waals surface area contributed by atoms with Gasteiger partial charge in [-0.1, -0.05) is 6.92 Å². The maximum Gasteiger partial charge on any atom is 0.317 e. The number of hydrogen-bond donors (Lipinski definition) is 2. The standard InChI is InChI=1S/C12H24N2O3/c1-6-7-14(9(2)3)11(17)13-8-12(4,5)10(15)16/h9H,6-8H2,1-5H3,(H,13,17)(H,15,16). The highest BCUT2D eigenvalue weighted by molar-refractivity contribution is 5.77. The summed E-state index contributed by atoms with van der Waals surface area (Å²) in [6, 6.07) is -0.0842. The zero-order valence-corrected chi connectivity index (χ0v) is 11.4. The van der Waals surface area contributed by atoms with Crippen LogP contribution in [-0.4, -0.2) is 41.1 Å². The second-order valence-electron chi connectivity index (χ2n) is 5.13. The topological polar surface area (TPSA) is 69.6 Å². The minimum atomic E-state index is -0.940. The molecule has 0 heterocycles. The van der Waals surface area contributed by atoms with Crippen LogP contribution in [0, 0.1) is 5.41 Å². The van der Waals surface area contributed by atoms with Crippen LogP contribution in [-0.2, 0) is 4.79 Å². The molecule has 5 heteroatoms. The van der Waals surface area contributed by atoms with E-state index in [-0.39, 0.29) is 18.6 Å². The van der Waals surface area contributed by atoms with Crippen molar-refractivity contribution in [1.82, 2.24) is 10.2 Å². The second-order valence-corrected chi connectivity index (χ2v) is 5.13. The van der Waals surface area contributed by atoms with E-state index in [0.29, 0.717) is 6.54 Å². The molecule has 100 valence electrons. The van der Waals surface area contributed by atoms with Crippen molar-refractivity contribution in [3.05, 3.63) is 0 Å². The summed E-state index contributed by atoms with van der Waals surface area (Å²) in [5.41, 5.74) is -0.940. The van der Waals surface area contributed by atoms with Gasteiger partial charge in [-0.3, -0.25) is 4.79 Å². The summed E-state index contributed by atoms with van der Waals surface area (Å²) in [4.78, 5) is 24.5. The van der Waals surface area contributed by atoms with Gasteiger partial charge in [-0.25, -0.2) is 4.79 Å². The molecule has 0 aromatic carbocycles. The van der Waals surface area contributed by atoms with E-state index < -0.39 is 11.4 Å². The lowest BCUT2D eigenvalue weighted by Gasteiger charge is -2.28. The molecule has 2 N–H and O–H groups in total. The van der Waals surface area contributed by atoms with Gasteiger partial charge in [-0.2, -0.15) is 0 Å². The summed E-state index contributed by atoms with van der Waals surface area (Å²) >= 11 is 0. The Balaban J connectivity index is 4.38. The second kappa shape index (κ2) is 6.47. The molecular weight excluding hydrogens is 220 g/mol. The fraction of sp³-hybridized carbons (Fsp3) is 0.833. The quantitative estimate of drug-likeness (QED) is 0.750. The molecule has 0 bridgehead atoms. The Morgan fingerprint density at radius 2 is 1.88 bits per heavy atom. The molecule has 0 aliphatic carbocycles. The Labute approximate surface area is 103 Å². The van der Waals surface area contributed by atoms with Gasteiger partial charge in [0.1, 0.15) is 0 Å². The Kier molecular flexibility index (Phi) is 5.99. The van der Waals surface area contributed by atoms with E-state index in [2.05, 4.69) is 5.32 Å². The maximum absolute atomic E-state index is 11.9. The smallest absolute Gasteiger partial charge is 0.317 e. The summed E-state index contributed by atoms with van der Waals surface area (Å²) in [6.07, 6.45) is 0.883. The molecule has 2 amide bonds. The van der Waals surface area contributed by atoms with E-state index in [9.17, 15) is 9.59 Å². The van der Waals surface area contributed by atoms with Crippen LogP contribution in [0.2, 0.25) is 0 Å². The Morgan fingerprint density at radius 3 is 2.24 bits per heavy atom. The van der Waals surface area contributed by atoms with Crippen LogP contribution in [0.5, 0.6) is 0 Å². The van der Waals surface area contributed by atoms with Crippen molar-refractivity contribution < 1.29 is 14.7 Å². The van der Waals surface area contributed by atoms with Crippen LogP contribution in [0.25, 0.3) is 0 Å². The van der Waals surface area contributed by atoms with E-state index in [1.165, 1.54) is 0 Å². The van der Waals surface area contributed by atoms with E-state index in [4.69, 9.17) is 5.11 Å². The van der Waals surface area contributed by atoms with Crippen LogP contribution >= 0.6 is 0 Å². The molecule has 0 fully saturated rings. The van der Waals surface area contributed by atoms with Crippen molar-refractivity contribution in [3.63, 3.8) is 0 Å². The molecule has 0 rings (SSSR count). The molecule has 0 saturated carbocycles. The third-order valence-corrected chi connectivity index (χ3v) is 2.61. The van der Waals surface area contributed by atoms with Gasteiger partial charge in [0.2, 0.25) is 0 Å². The van der Waals surface area contributed by atoms with Gasteiger partial charge >= 0.3 is 12.0 Å². The molecule has 0 aromatic rings. The van der Waals surface area contributed by atoms with Gasteiger partial charge in [0.05, 0.1) is 5.41 Å². The number of carbonyl (C=O) groups excluding carboxylic acids is 1. The largest absolute Gasteiger partial charge is 0.481 e. The number of nitrogens with zero attached hydrogens (tertiary/aromatic N) is 1. The van der Waals surface area contributed by atoms with Gasteiger partial charge in [-0.15, -0.1) is 0 Å². The summed E-state index contributed by atoms with van der Waals surface area (Å²) in [5, 5.41) is 11.6. The predicted octanol–water partition coefficient (Wildman–Crippen LogP) is 1.93. The van der Waals surface area contributed by atoms with Gasteiger partial charge in [0.25, 0.3) is 0 Å². The molecule has 5 nitrogen and oxygen atoms in total. The lowest BCUT2D eigenvalue weighted by molar-refractivity contribution is -0.146. The Bertz CT molecular complexity index is 275. The number of rotatable bonds is 6. The number of aliphatic carboxylic acids is 1. The Morgan fingerprint density at radius 1 is 1.35 bits per heavy atom. The zero-order valence-electron chi connectivity index (χ0n) is 11.4. The highest BCUT2D eigenvalue weighted by Crippen LogP contribution is 2.13. The first-order chi connectivity index (χ1) is 7.72. The minimum Gasteiger partial charge on any atom is -0.481 e. The number of carboxylic acids is 1. The van der Waals surface area contributed by atoms with Gasteiger partial charge in [0, 0.05) is 19.1 Å². The lowest BCUT2D eigenvalue weighted by atomic mass is 9.94. The van der Waals surface area contributed by atoms with Crippen molar-refractivity contribution in [2.75, 3.05) is 13.1 Å². The van der Waals surface area contributed by atoms with Crippen molar-refractivity contribution in [2.24, 2.45) is 5.41 Å². The summed E-state index contributed by atoms with van der Waals surface area (Å²) in [6.45, 7) is 9.88. The molecule has 0 spiro atoms. The number of nitrogens with one attached hydrogen (secondary N) is 1. The van der Waals surface area contributed by atoms with Gasteiger partial charge < -0.3 is 15.3 Å². The van der Waals surface area contributed by atoms with E-state index in [0.717, 1.165) is 6.42 Å². The predicted molar refractivity (Wildman–Crippen MR) is 66.9 cm³/mol. The van der Waals surface area contributed by atoms with E-state index in [1.807, 2.05) is 20.8 Å². The van der Waals surface area contributed by atoms with Crippen LogP contribution in [0.15, 0.2) is 0 Å². The van der Waals surface area contributed by atoms with Gasteiger partial charge in [-0.05, 0) is 34.1 Å². The maximum atomic E-state index is 11.9. The third-order valence-electron chi connectivity index (χ3n) is 2.61. The molecule has 0 radical (unpaired) electrons. The molecule has 17 heavy (non-hydrogen) atoms. The lowest BCUT2D eigenvalue weighted by Crippen LogP contribution is -2.48. The number of urea groups is 1. The van der Waals surface area contributed by atoms with Gasteiger partial charge in [0.15, 0.2) is 0 Å². The fourth-order valence-corrected chi connectivity index (χ4v) is 1.31. The first-order valence-corrected chi connectivity index (χ1v) is 6.00. The average molecular weight is 244 g/mol. The third kappa shape index (κ3) is 5.06. The number of carboxylic acid groups (broad SMARTS) is 1. The number of amides is 2. The van der Waals surface area contributed by atoms with Crippen molar-refractivity contribution >= 4 is 12.0 Å². The zero-order chi connectivity index (χ0) is 13.6. The molecule has 0 aromatic heterocycles.